The molecule has 3 aromatic heterocycles. The monoisotopic (exact) mass is 713 g/mol. The topological polar surface area (TPSA) is 48.5 Å². The largest absolute Gasteiger partial charge is 0.309 e. The number of aromatic nitrogens is 5. The summed E-state index contributed by atoms with van der Waals surface area (Å²) in [5, 5.41) is 11.8. The fraction of sp³-hybridized carbons (Fsp3) is 0. The van der Waals surface area contributed by atoms with Gasteiger partial charge in [-0.3, -0.25) is 4.57 Å². The van der Waals surface area contributed by atoms with Gasteiger partial charge < -0.3 is 4.57 Å². The number of rotatable bonds is 4. The highest BCUT2D eigenvalue weighted by Crippen LogP contribution is 2.39. The van der Waals surface area contributed by atoms with Crippen LogP contribution in [-0.4, -0.2) is 24.1 Å². The first kappa shape index (κ1) is 30.8. The number of nitrogens with zero attached hydrogens (tertiary/aromatic N) is 5. The number of para-hydroxylation sites is 1. The molecule has 5 heteroatoms. The van der Waals surface area contributed by atoms with Gasteiger partial charge in [-0.25, -0.2) is 4.98 Å². The molecule has 12 aromatic rings. The van der Waals surface area contributed by atoms with Gasteiger partial charge in [-0.2, -0.15) is 9.97 Å². The lowest BCUT2D eigenvalue weighted by molar-refractivity contribution is 0.953. The minimum atomic E-state index is 0.572. The van der Waals surface area contributed by atoms with Crippen LogP contribution >= 0.6 is 0 Å². The van der Waals surface area contributed by atoms with Gasteiger partial charge in [-0.1, -0.05) is 140 Å². The SMILES string of the molecule is c1ccc(-c2nc(-c3ccc4ccccc4c3)nc(-n3c4cc(-n5c6ccccc6c6cc7ccccc7cc65)ccc4c4cc5ccccc5cc43)n2)cc1. The molecule has 0 unspecified atom stereocenters. The van der Waals surface area contributed by atoms with Crippen LogP contribution in [0.1, 0.15) is 0 Å². The van der Waals surface area contributed by atoms with Crippen molar-refractivity contribution in [2.45, 2.75) is 0 Å². The first-order valence-electron chi connectivity index (χ1n) is 18.9. The summed E-state index contributed by atoms with van der Waals surface area (Å²) in [6.07, 6.45) is 0. The van der Waals surface area contributed by atoms with Gasteiger partial charge in [0.25, 0.3) is 0 Å². The standard InChI is InChI=1S/C51H31N5/c1-2-13-33(14-3-1)49-52-50(39-23-22-32-12-4-5-15-34(32)26-39)54-51(53-49)56-47-30-38-19-9-7-17-36(38)28-44(47)42-25-24-40(31-48(42)56)55-45-21-11-10-20-41(45)43-27-35-16-6-8-18-37(35)29-46(43)55/h1-31H. The fourth-order valence-corrected chi connectivity index (χ4v) is 8.62. The van der Waals surface area contributed by atoms with E-state index < -0.39 is 0 Å². The molecule has 0 N–H and O–H groups in total. The van der Waals surface area contributed by atoms with Crippen molar-refractivity contribution in [2.24, 2.45) is 0 Å². The summed E-state index contributed by atoms with van der Waals surface area (Å²) in [7, 11) is 0. The van der Waals surface area contributed by atoms with E-state index in [9.17, 15) is 0 Å². The van der Waals surface area contributed by atoms with Gasteiger partial charge in [0.2, 0.25) is 5.95 Å². The van der Waals surface area contributed by atoms with E-state index in [0.29, 0.717) is 17.6 Å². The molecule has 0 fully saturated rings. The van der Waals surface area contributed by atoms with Crippen molar-refractivity contribution in [1.82, 2.24) is 24.1 Å². The molecule has 0 radical (unpaired) electrons. The van der Waals surface area contributed by atoms with Gasteiger partial charge in [0.05, 0.1) is 22.1 Å². The second-order valence-corrected chi connectivity index (χ2v) is 14.5. The minimum Gasteiger partial charge on any atom is -0.309 e. The van der Waals surface area contributed by atoms with Crippen LogP contribution < -0.4 is 0 Å². The van der Waals surface area contributed by atoms with Crippen molar-refractivity contribution < 1.29 is 0 Å². The lowest BCUT2D eigenvalue weighted by Crippen LogP contribution is -2.06. The third-order valence-corrected chi connectivity index (χ3v) is 11.3. The molecule has 56 heavy (non-hydrogen) atoms. The number of benzene rings is 9. The quantitative estimate of drug-likeness (QED) is 0.182. The maximum atomic E-state index is 5.32. The molecule has 0 spiro atoms. The van der Waals surface area contributed by atoms with E-state index in [4.69, 9.17) is 15.0 Å². The highest BCUT2D eigenvalue weighted by atomic mass is 15.2. The highest BCUT2D eigenvalue weighted by molar-refractivity contribution is 6.16. The molecule has 0 atom stereocenters. The van der Waals surface area contributed by atoms with E-state index in [-0.39, 0.29) is 0 Å². The lowest BCUT2D eigenvalue weighted by atomic mass is 10.1. The normalized spacial score (nSPS) is 11.9. The molecule has 0 bridgehead atoms. The van der Waals surface area contributed by atoms with Crippen LogP contribution in [-0.2, 0) is 0 Å². The second kappa shape index (κ2) is 11.9. The van der Waals surface area contributed by atoms with Crippen LogP contribution in [0.25, 0.3) is 110 Å². The maximum absolute atomic E-state index is 5.32. The molecule has 0 saturated carbocycles. The van der Waals surface area contributed by atoms with Gasteiger partial charge in [0.1, 0.15) is 0 Å². The number of hydrogen-bond acceptors (Lipinski definition) is 3. The van der Waals surface area contributed by atoms with Gasteiger partial charge in [-0.05, 0) is 80.8 Å². The van der Waals surface area contributed by atoms with Crippen molar-refractivity contribution in [1.29, 1.82) is 0 Å². The van der Waals surface area contributed by atoms with Crippen LogP contribution in [0.3, 0.4) is 0 Å². The van der Waals surface area contributed by atoms with E-state index in [2.05, 4.69) is 179 Å². The molecule has 0 saturated heterocycles. The summed E-state index contributed by atoms with van der Waals surface area (Å²) in [5.74, 6) is 1.82. The van der Waals surface area contributed by atoms with Crippen LogP contribution in [0, 0.1) is 0 Å². The average molecular weight is 714 g/mol. The Bertz CT molecular complexity index is 3540. The minimum absolute atomic E-state index is 0.572. The Balaban J connectivity index is 1.18. The van der Waals surface area contributed by atoms with Crippen molar-refractivity contribution in [3.05, 3.63) is 188 Å². The van der Waals surface area contributed by atoms with Crippen LogP contribution in [0.2, 0.25) is 0 Å². The van der Waals surface area contributed by atoms with Crippen LogP contribution in [0.15, 0.2) is 188 Å². The molecular weight excluding hydrogens is 683 g/mol. The zero-order chi connectivity index (χ0) is 36.7. The Labute approximate surface area is 321 Å². The van der Waals surface area contributed by atoms with Gasteiger partial charge >= 0.3 is 0 Å². The summed E-state index contributed by atoms with van der Waals surface area (Å²) < 4.78 is 4.64. The van der Waals surface area contributed by atoms with Gasteiger partial charge in [0, 0.05) is 38.4 Å². The summed E-state index contributed by atoms with van der Waals surface area (Å²) in [5.41, 5.74) is 7.34. The van der Waals surface area contributed by atoms with E-state index in [1.165, 1.54) is 37.8 Å². The molecule has 12 rings (SSSR count). The van der Waals surface area contributed by atoms with Crippen molar-refractivity contribution in [3.63, 3.8) is 0 Å². The number of fused-ring (bicyclic) bond motifs is 9. The van der Waals surface area contributed by atoms with E-state index in [0.717, 1.165) is 54.9 Å². The molecule has 260 valence electrons. The van der Waals surface area contributed by atoms with Crippen LogP contribution in [0.4, 0.5) is 0 Å². The lowest BCUT2D eigenvalue weighted by Gasteiger charge is -2.13. The predicted octanol–water partition coefficient (Wildman–Crippen LogP) is 12.9. The van der Waals surface area contributed by atoms with E-state index in [1.54, 1.807) is 0 Å². The van der Waals surface area contributed by atoms with Crippen molar-refractivity contribution in [2.75, 3.05) is 0 Å². The molecule has 0 aliphatic heterocycles. The zero-order valence-electron chi connectivity index (χ0n) is 30.1. The average Bonchev–Trinajstić information content (AvgIpc) is 3.75. The Kier molecular flexibility index (Phi) is 6.56. The summed E-state index contributed by atoms with van der Waals surface area (Å²) in [4.78, 5) is 15.7. The van der Waals surface area contributed by atoms with E-state index in [1.807, 2.05) is 18.2 Å². The molecular formula is C51H31N5. The highest BCUT2D eigenvalue weighted by Gasteiger charge is 2.21. The van der Waals surface area contributed by atoms with Crippen molar-refractivity contribution in [3.8, 4) is 34.4 Å². The molecule has 3 heterocycles. The molecule has 5 nitrogen and oxygen atoms in total. The molecule has 0 amide bonds. The maximum Gasteiger partial charge on any atom is 0.238 e. The third-order valence-electron chi connectivity index (χ3n) is 11.3. The molecule has 0 aliphatic carbocycles. The molecule has 0 aliphatic rings. The predicted molar refractivity (Wildman–Crippen MR) is 232 cm³/mol. The number of hydrogen-bond donors (Lipinski definition) is 0. The Morgan fingerprint density at radius 2 is 0.804 bits per heavy atom. The Morgan fingerprint density at radius 1 is 0.286 bits per heavy atom. The Morgan fingerprint density at radius 3 is 1.50 bits per heavy atom. The first-order chi connectivity index (χ1) is 27.7. The third kappa shape index (κ3) is 4.71. The van der Waals surface area contributed by atoms with E-state index >= 15 is 0 Å². The molecule has 9 aromatic carbocycles. The summed E-state index contributed by atoms with van der Waals surface area (Å²) >= 11 is 0. The first-order valence-corrected chi connectivity index (χ1v) is 18.9. The smallest absolute Gasteiger partial charge is 0.238 e. The second-order valence-electron chi connectivity index (χ2n) is 14.5. The Hall–Kier alpha value is -7.63. The zero-order valence-corrected chi connectivity index (χ0v) is 30.1. The van der Waals surface area contributed by atoms with Gasteiger partial charge in [-0.15, -0.1) is 0 Å². The van der Waals surface area contributed by atoms with Gasteiger partial charge in [0.15, 0.2) is 11.6 Å². The van der Waals surface area contributed by atoms with Crippen LogP contribution in [0.5, 0.6) is 0 Å². The van der Waals surface area contributed by atoms with Crippen molar-refractivity contribution >= 4 is 75.9 Å². The summed E-state index contributed by atoms with van der Waals surface area (Å²) in [6.45, 7) is 0. The summed E-state index contributed by atoms with van der Waals surface area (Å²) in [6, 6.07) is 67.0. The fourth-order valence-electron chi connectivity index (χ4n) is 8.62.